The number of hydrogen-bond acceptors (Lipinski definition) is 6. The fraction of sp³-hybridized carbons (Fsp3) is 0.909. The Bertz CT molecular complexity index is 147. The number of carbonyl (C=O) groups excluding carboxylic acids is 1. The molecule has 0 aliphatic heterocycles. The van der Waals surface area contributed by atoms with Crippen molar-refractivity contribution < 1.29 is 28.8 Å². The van der Waals surface area contributed by atoms with E-state index in [0.29, 0.717) is 39.6 Å². The number of ether oxygens (including phenoxy) is 4. The molecule has 1 N–H and O–H groups in total. The average molecular weight is 252 g/mol. The van der Waals surface area contributed by atoms with Crippen LogP contribution in [-0.4, -0.2) is 64.4 Å². The van der Waals surface area contributed by atoms with E-state index in [1.165, 1.54) is 6.92 Å². The predicted octanol–water partition coefficient (Wildman–Crippen LogP) is 0.228. The van der Waals surface area contributed by atoms with Crippen LogP contribution < -0.4 is 0 Å². The van der Waals surface area contributed by atoms with Gasteiger partial charge >= 0.3 is 5.97 Å². The van der Waals surface area contributed by atoms with Crippen LogP contribution >= 0.6 is 0 Å². The summed E-state index contributed by atoms with van der Waals surface area (Å²) in [6.07, 6.45) is 0. The van der Waals surface area contributed by atoms with Crippen LogP contribution in [-0.2, 0) is 23.7 Å². The highest BCUT2D eigenvalue weighted by Gasteiger charge is 1.91. The smallest absolute Gasteiger partial charge is 0.302 e. The third-order valence-electron chi connectivity index (χ3n) is 1.40. The maximum Gasteiger partial charge on any atom is 0.302 e. The molecule has 0 aromatic rings. The Morgan fingerprint density at radius 1 is 1.06 bits per heavy atom. The number of aliphatic hydroxyl groups excluding tert-OH is 1. The van der Waals surface area contributed by atoms with Gasteiger partial charge in [0.2, 0.25) is 0 Å². The zero-order valence-electron chi connectivity index (χ0n) is 10.9. The Balaban J connectivity index is 0. The Hall–Kier alpha value is -0.690. The molecule has 0 aromatic carbocycles. The van der Waals surface area contributed by atoms with Crippen molar-refractivity contribution >= 4 is 5.97 Å². The molecule has 0 saturated heterocycles. The van der Waals surface area contributed by atoms with E-state index < -0.39 is 0 Å². The minimum absolute atomic E-state index is 0.133. The summed E-state index contributed by atoms with van der Waals surface area (Å²) in [5, 5.41) is 8.07. The minimum Gasteiger partial charge on any atom is -0.463 e. The van der Waals surface area contributed by atoms with Gasteiger partial charge in [0, 0.05) is 20.6 Å². The van der Waals surface area contributed by atoms with Gasteiger partial charge in [-0.3, -0.25) is 4.79 Å². The first-order valence-corrected chi connectivity index (χ1v) is 5.57. The lowest BCUT2D eigenvalue weighted by atomic mass is 10.7. The van der Waals surface area contributed by atoms with E-state index in [2.05, 4.69) is 4.74 Å². The molecule has 0 heterocycles. The van der Waals surface area contributed by atoms with Crippen LogP contribution in [0.15, 0.2) is 0 Å². The van der Waals surface area contributed by atoms with E-state index in [-0.39, 0.29) is 12.6 Å². The van der Waals surface area contributed by atoms with Crippen LogP contribution in [0.1, 0.15) is 13.8 Å². The van der Waals surface area contributed by atoms with Crippen molar-refractivity contribution in [2.24, 2.45) is 0 Å². The van der Waals surface area contributed by atoms with E-state index in [0.717, 1.165) is 0 Å². The average Bonchev–Trinajstić information content (AvgIpc) is 2.31. The van der Waals surface area contributed by atoms with Gasteiger partial charge in [-0.25, -0.2) is 0 Å². The first-order valence-electron chi connectivity index (χ1n) is 5.57. The van der Waals surface area contributed by atoms with E-state index in [9.17, 15) is 4.79 Å². The maximum absolute atomic E-state index is 10.2. The van der Waals surface area contributed by atoms with Crippen LogP contribution in [0.4, 0.5) is 0 Å². The molecule has 0 amide bonds. The summed E-state index contributed by atoms with van der Waals surface area (Å²) in [6.45, 7) is 6.43. The maximum atomic E-state index is 10.2. The van der Waals surface area contributed by atoms with E-state index >= 15 is 0 Å². The zero-order chi connectivity index (χ0) is 13.4. The topological polar surface area (TPSA) is 74.2 Å². The van der Waals surface area contributed by atoms with Crippen LogP contribution in [0.5, 0.6) is 0 Å². The molecule has 17 heavy (non-hydrogen) atoms. The fourth-order valence-corrected chi connectivity index (χ4v) is 0.698. The summed E-state index contributed by atoms with van der Waals surface area (Å²) < 4.78 is 19.1. The lowest BCUT2D eigenvalue weighted by Gasteiger charge is -2.02. The lowest BCUT2D eigenvalue weighted by molar-refractivity contribution is -0.142. The van der Waals surface area contributed by atoms with Crippen molar-refractivity contribution in [3.63, 3.8) is 0 Å². The molecule has 6 nitrogen and oxygen atoms in total. The second-order valence-electron chi connectivity index (χ2n) is 2.87. The molecule has 0 radical (unpaired) electrons. The molecule has 0 rings (SSSR count). The van der Waals surface area contributed by atoms with Crippen molar-refractivity contribution in [3.05, 3.63) is 0 Å². The molecule has 6 heteroatoms. The summed E-state index contributed by atoms with van der Waals surface area (Å²) in [5.74, 6) is -0.277. The summed E-state index contributed by atoms with van der Waals surface area (Å²) in [6, 6.07) is 0. The third-order valence-corrected chi connectivity index (χ3v) is 1.40. The van der Waals surface area contributed by atoms with Gasteiger partial charge < -0.3 is 24.1 Å². The van der Waals surface area contributed by atoms with Crippen LogP contribution in [0.2, 0.25) is 0 Å². The number of rotatable bonds is 9. The number of aliphatic hydroxyl groups is 1. The first-order chi connectivity index (χ1) is 8.18. The molecule has 0 saturated carbocycles. The highest BCUT2D eigenvalue weighted by molar-refractivity contribution is 5.65. The van der Waals surface area contributed by atoms with Gasteiger partial charge in [0.1, 0.15) is 6.61 Å². The van der Waals surface area contributed by atoms with Crippen molar-refractivity contribution in [3.8, 4) is 0 Å². The van der Waals surface area contributed by atoms with Gasteiger partial charge in [0.25, 0.3) is 0 Å². The number of hydrogen-bond donors (Lipinski definition) is 1. The Morgan fingerprint density at radius 3 is 2.12 bits per heavy atom. The van der Waals surface area contributed by atoms with Crippen molar-refractivity contribution in [1.29, 1.82) is 0 Å². The molecule has 0 spiro atoms. The van der Waals surface area contributed by atoms with Gasteiger partial charge in [-0.05, 0) is 6.92 Å². The predicted molar refractivity (Wildman–Crippen MR) is 62.9 cm³/mol. The molecule has 0 atom stereocenters. The quantitative estimate of drug-likeness (QED) is 0.467. The van der Waals surface area contributed by atoms with Crippen LogP contribution in [0.3, 0.4) is 0 Å². The standard InChI is InChI=1S/C7H14O4.C4H10O2/c1-7(8)11-6-5-10-4-3-9-2;1-2-6-4-3-5/h3-6H2,1-2H3;5H,2-4H2,1H3. The number of esters is 1. The highest BCUT2D eigenvalue weighted by Crippen LogP contribution is 1.79. The SMILES string of the molecule is CCOCCO.COCCOCCOC(C)=O. The molecule has 0 aliphatic carbocycles. The van der Waals surface area contributed by atoms with Crippen LogP contribution in [0, 0.1) is 0 Å². The van der Waals surface area contributed by atoms with Gasteiger partial charge in [-0.2, -0.15) is 0 Å². The van der Waals surface area contributed by atoms with Crippen molar-refractivity contribution in [1.82, 2.24) is 0 Å². The molecule has 0 bridgehead atoms. The zero-order valence-corrected chi connectivity index (χ0v) is 10.9. The number of carbonyl (C=O) groups is 1. The van der Waals surface area contributed by atoms with Crippen molar-refractivity contribution in [2.75, 3.05) is 53.4 Å². The van der Waals surface area contributed by atoms with Crippen LogP contribution in [0.25, 0.3) is 0 Å². The minimum atomic E-state index is -0.277. The third kappa shape index (κ3) is 25.5. The molecule has 0 fully saturated rings. The molecule has 104 valence electrons. The monoisotopic (exact) mass is 252 g/mol. The Kier molecular flexibility index (Phi) is 19.4. The second-order valence-corrected chi connectivity index (χ2v) is 2.87. The first kappa shape index (κ1) is 18.7. The summed E-state index contributed by atoms with van der Waals surface area (Å²) in [4.78, 5) is 10.2. The summed E-state index contributed by atoms with van der Waals surface area (Å²) in [5.41, 5.74) is 0. The van der Waals surface area contributed by atoms with Gasteiger partial charge in [0.05, 0.1) is 33.0 Å². The van der Waals surface area contributed by atoms with Gasteiger partial charge in [-0.15, -0.1) is 0 Å². The molecule has 0 aromatic heterocycles. The van der Waals surface area contributed by atoms with E-state index in [1.807, 2.05) is 6.92 Å². The molecule has 0 aliphatic rings. The van der Waals surface area contributed by atoms with Gasteiger partial charge in [0.15, 0.2) is 0 Å². The fourth-order valence-electron chi connectivity index (χ4n) is 0.698. The summed E-state index contributed by atoms with van der Waals surface area (Å²) >= 11 is 0. The largest absolute Gasteiger partial charge is 0.463 e. The summed E-state index contributed by atoms with van der Waals surface area (Å²) in [7, 11) is 1.61. The van der Waals surface area contributed by atoms with E-state index in [1.54, 1.807) is 7.11 Å². The molecular weight excluding hydrogens is 228 g/mol. The second kappa shape index (κ2) is 17.7. The highest BCUT2D eigenvalue weighted by atomic mass is 16.6. The lowest BCUT2D eigenvalue weighted by Crippen LogP contribution is -2.10. The molecule has 0 unspecified atom stereocenters. The number of methoxy groups -OCH3 is 1. The molecular formula is C11H24O6. The van der Waals surface area contributed by atoms with Gasteiger partial charge in [-0.1, -0.05) is 0 Å². The Morgan fingerprint density at radius 2 is 1.71 bits per heavy atom. The van der Waals surface area contributed by atoms with E-state index in [4.69, 9.17) is 19.3 Å². The normalized spacial score (nSPS) is 9.41. The Labute approximate surface area is 103 Å². The van der Waals surface area contributed by atoms with Crippen molar-refractivity contribution in [2.45, 2.75) is 13.8 Å².